The quantitative estimate of drug-likeness (QED) is 0.816. The second-order valence-electron chi connectivity index (χ2n) is 4.86. The standard InChI is InChI=1S/C15H15BrN2S/c1-18(2)12-6-3-10(4-7-12)15-17-13-8-5-11(16)9-14(13)19-15/h3-9,13-14H,1-2H3. The zero-order valence-electron chi connectivity index (χ0n) is 10.9. The van der Waals surface area contributed by atoms with E-state index in [2.05, 4.69) is 77.4 Å². The first-order valence-electron chi connectivity index (χ1n) is 6.21. The lowest BCUT2D eigenvalue weighted by Gasteiger charge is -2.13. The van der Waals surface area contributed by atoms with E-state index < -0.39 is 0 Å². The summed E-state index contributed by atoms with van der Waals surface area (Å²) in [4.78, 5) is 6.91. The van der Waals surface area contributed by atoms with Crippen molar-refractivity contribution in [1.29, 1.82) is 0 Å². The number of hydrogen-bond donors (Lipinski definition) is 0. The fraction of sp³-hybridized carbons (Fsp3) is 0.267. The van der Waals surface area contributed by atoms with Gasteiger partial charge in [-0.05, 0) is 12.1 Å². The minimum Gasteiger partial charge on any atom is -0.378 e. The number of thioether (sulfide) groups is 1. The van der Waals surface area contributed by atoms with Crippen LogP contribution in [0.25, 0.3) is 0 Å². The van der Waals surface area contributed by atoms with Crippen molar-refractivity contribution in [2.75, 3.05) is 19.0 Å². The molecule has 2 nitrogen and oxygen atoms in total. The van der Waals surface area contributed by atoms with Crippen LogP contribution >= 0.6 is 27.7 Å². The largest absolute Gasteiger partial charge is 0.378 e. The third-order valence-corrected chi connectivity index (χ3v) is 5.04. The van der Waals surface area contributed by atoms with E-state index >= 15 is 0 Å². The molecule has 4 heteroatoms. The highest BCUT2D eigenvalue weighted by Gasteiger charge is 2.29. The molecule has 2 aliphatic rings. The molecule has 2 atom stereocenters. The maximum absolute atomic E-state index is 4.80. The molecule has 0 aromatic heterocycles. The van der Waals surface area contributed by atoms with Crippen LogP contribution in [-0.4, -0.2) is 30.4 Å². The Morgan fingerprint density at radius 3 is 2.63 bits per heavy atom. The van der Waals surface area contributed by atoms with Crippen LogP contribution in [-0.2, 0) is 0 Å². The molecule has 0 saturated carbocycles. The lowest BCUT2D eigenvalue weighted by molar-refractivity contribution is 0.861. The fourth-order valence-electron chi connectivity index (χ4n) is 2.17. The Balaban J connectivity index is 1.83. The molecule has 2 unspecified atom stereocenters. The maximum atomic E-state index is 4.80. The molecule has 19 heavy (non-hydrogen) atoms. The van der Waals surface area contributed by atoms with E-state index in [-0.39, 0.29) is 6.04 Å². The molecule has 98 valence electrons. The van der Waals surface area contributed by atoms with Gasteiger partial charge in [-0.2, -0.15) is 0 Å². The van der Waals surface area contributed by atoms with Crippen molar-refractivity contribution in [3.8, 4) is 0 Å². The summed E-state index contributed by atoms with van der Waals surface area (Å²) in [5, 5.41) is 1.58. The molecule has 0 N–H and O–H groups in total. The molecule has 0 amide bonds. The second kappa shape index (κ2) is 5.17. The molecule has 0 bridgehead atoms. The van der Waals surface area contributed by atoms with Crippen LogP contribution in [0.15, 0.2) is 52.0 Å². The number of rotatable bonds is 2. The monoisotopic (exact) mass is 334 g/mol. The van der Waals surface area contributed by atoms with E-state index in [0.717, 1.165) is 9.53 Å². The normalized spacial score (nSPS) is 24.8. The first-order valence-corrected chi connectivity index (χ1v) is 7.88. The summed E-state index contributed by atoms with van der Waals surface area (Å²) in [6.45, 7) is 0. The molecule has 1 aromatic carbocycles. The van der Waals surface area contributed by atoms with Crippen molar-refractivity contribution in [2.24, 2.45) is 4.99 Å². The average Bonchev–Trinajstić information content (AvgIpc) is 2.81. The van der Waals surface area contributed by atoms with Gasteiger partial charge in [0.25, 0.3) is 0 Å². The zero-order chi connectivity index (χ0) is 13.4. The lowest BCUT2D eigenvalue weighted by atomic mass is 10.1. The Morgan fingerprint density at radius 2 is 1.95 bits per heavy atom. The number of aliphatic imine (C=N–C) groups is 1. The molecule has 1 aliphatic heterocycles. The van der Waals surface area contributed by atoms with E-state index in [0.29, 0.717) is 5.25 Å². The second-order valence-corrected chi connectivity index (χ2v) is 6.94. The van der Waals surface area contributed by atoms with Gasteiger partial charge in [-0.25, -0.2) is 0 Å². The predicted molar refractivity (Wildman–Crippen MR) is 88.6 cm³/mol. The molecular formula is C15H15BrN2S. The van der Waals surface area contributed by atoms with E-state index in [1.54, 1.807) is 0 Å². The highest BCUT2D eigenvalue weighted by atomic mass is 79.9. The predicted octanol–water partition coefficient (Wildman–Crippen LogP) is 3.83. The number of nitrogens with zero attached hydrogens (tertiary/aromatic N) is 2. The molecular weight excluding hydrogens is 320 g/mol. The summed E-state index contributed by atoms with van der Waals surface area (Å²) in [5.41, 5.74) is 2.43. The van der Waals surface area contributed by atoms with Crippen molar-refractivity contribution < 1.29 is 0 Å². The van der Waals surface area contributed by atoms with Crippen molar-refractivity contribution in [2.45, 2.75) is 11.3 Å². The van der Waals surface area contributed by atoms with Crippen LogP contribution in [0.2, 0.25) is 0 Å². The molecule has 1 aliphatic carbocycles. The van der Waals surface area contributed by atoms with Crippen LogP contribution in [0.4, 0.5) is 5.69 Å². The van der Waals surface area contributed by atoms with Gasteiger partial charge in [0.15, 0.2) is 0 Å². The van der Waals surface area contributed by atoms with Crippen LogP contribution < -0.4 is 4.90 Å². The molecule has 0 radical (unpaired) electrons. The first-order chi connectivity index (χ1) is 9.13. The average molecular weight is 335 g/mol. The molecule has 1 aromatic rings. The Kier molecular flexibility index (Phi) is 3.54. The smallest absolute Gasteiger partial charge is 0.0991 e. The summed E-state index contributed by atoms with van der Waals surface area (Å²) < 4.78 is 1.15. The minimum atomic E-state index is 0.287. The van der Waals surface area contributed by atoms with Gasteiger partial charge in [0.05, 0.1) is 16.3 Å². The van der Waals surface area contributed by atoms with Crippen LogP contribution in [0, 0.1) is 0 Å². The SMILES string of the molecule is CN(C)c1ccc(C2=NC3C=CC(Br)=CC3S2)cc1. The Labute approximate surface area is 126 Å². The molecule has 3 rings (SSSR count). The van der Waals surface area contributed by atoms with Crippen molar-refractivity contribution in [3.63, 3.8) is 0 Å². The topological polar surface area (TPSA) is 15.6 Å². The number of hydrogen-bond acceptors (Lipinski definition) is 3. The van der Waals surface area contributed by atoms with Crippen LogP contribution in [0.5, 0.6) is 0 Å². The van der Waals surface area contributed by atoms with Gasteiger partial charge < -0.3 is 4.90 Å². The van der Waals surface area contributed by atoms with Crippen molar-refractivity contribution >= 4 is 38.4 Å². The van der Waals surface area contributed by atoms with E-state index in [9.17, 15) is 0 Å². The number of halogens is 1. The van der Waals surface area contributed by atoms with Gasteiger partial charge in [0, 0.05) is 29.8 Å². The summed E-state index contributed by atoms with van der Waals surface area (Å²) in [5.74, 6) is 0. The Morgan fingerprint density at radius 1 is 1.21 bits per heavy atom. The van der Waals surface area contributed by atoms with Crippen molar-refractivity contribution in [3.05, 3.63) is 52.5 Å². The van der Waals surface area contributed by atoms with Gasteiger partial charge in [-0.15, -0.1) is 0 Å². The maximum Gasteiger partial charge on any atom is 0.0991 e. The van der Waals surface area contributed by atoms with Gasteiger partial charge in [0.1, 0.15) is 0 Å². The fourth-order valence-corrected chi connectivity index (χ4v) is 4.00. The first kappa shape index (κ1) is 13.0. The van der Waals surface area contributed by atoms with Crippen LogP contribution in [0.1, 0.15) is 5.56 Å². The minimum absolute atomic E-state index is 0.287. The molecule has 0 spiro atoms. The van der Waals surface area contributed by atoms with E-state index in [1.807, 2.05) is 11.8 Å². The summed E-state index contributed by atoms with van der Waals surface area (Å²) in [7, 11) is 4.11. The number of allylic oxidation sites excluding steroid dienone is 2. The Bertz CT molecular complexity index is 572. The number of anilines is 1. The van der Waals surface area contributed by atoms with E-state index in [1.165, 1.54) is 11.3 Å². The summed E-state index contributed by atoms with van der Waals surface area (Å²) in [6.07, 6.45) is 6.49. The zero-order valence-corrected chi connectivity index (χ0v) is 13.3. The van der Waals surface area contributed by atoms with E-state index in [4.69, 9.17) is 4.99 Å². The van der Waals surface area contributed by atoms with Gasteiger partial charge in [-0.1, -0.05) is 58.1 Å². The highest BCUT2D eigenvalue weighted by Crippen LogP contribution is 2.36. The van der Waals surface area contributed by atoms with Gasteiger partial charge in [0.2, 0.25) is 0 Å². The van der Waals surface area contributed by atoms with Gasteiger partial charge >= 0.3 is 0 Å². The van der Waals surface area contributed by atoms with Crippen molar-refractivity contribution in [1.82, 2.24) is 0 Å². The number of benzene rings is 1. The third-order valence-electron chi connectivity index (χ3n) is 3.26. The molecule has 0 saturated heterocycles. The lowest BCUT2D eigenvalue weighted by Crippen LogP contribution is -2.14. The summed E-state index contributed by atoms with van der Waals surface area (Å²) >= 11 is 5.38. The van der Waals surface area contributed by atoms with Gasteiger partial charge in [-0.3, -0.25) is 4.99 Å². The molecule has 0 fully saturated rings. The third kappa shape index (κ3) is 2.65. The number of fused-ring (bicyclic) bond motifs is 1. The summed E-state index contributed by atoms with van der Waals surface area (Å²) in [6, 6.07) is 8.88. The Hall–Kier alpha value is -1.000. The van der Waals surface area contributed by atoms with Crippen LogP contribution in [0.3, 0.4) is 0 Å². The molecule has 1 heterocycles. The highest BCUT2D eigenvalue weighted by molar-refractivity contribution is 9.11.